The van der Waals surface area contributed by atoms with E-state index in [1.165, 1.54) is 0 Å². The van der Waals surface area contributed by atoms with E-state index in [4.69, 9.17) is 4.42 Å². The SMILES string of the molecule is O=C(NC1=NCCS1)c1ccccc1-c1ncc(-c2ccccc2)o1. The summed E-state index contributed by atoms with van der Waals surface area (Å²) >= 11 is 1.55. The molecule has 1 aliphatic heterocycles. The summed E-state index contributed by atoms with van der Waals surface area (Å²) in [6.45, 7) is 0.738. The smallest absolute Gasteiger partial charge is 0.258 e. The minimum atomic E-state index is -0.205. The highest BCUT2D eigenvalue weighted by Crippen LogP contribution is 2.28. The number of nitrogens with zero attached hydrogens (tertiary/aromatic N) is 2. The fourth-order valence-corrected chi connectivity index (χ4v) is 3.30. The molecule has 25 heavy (non-hydrogen) atoms. The van der Waals surface area contributed by atoms with Gasteiger partial charge < -0.3 is 9.73 Å². The number of hydrogen-bond donors (Lipinski definition) is 1. The van der Waals surface area contributed by atoms with Gasteiger partial charge in [-0.1, -0.05) is 54.2 Å². The molecule has 0 bridgehead atoms. The van der Waals surface area contributed by atoms with Crippen LogP contribution in [0.4, 0.5) is 0 Å². The molecule has 3 aromatic rings. The highest BCUT2D eigenvalue weighted by molar-refractivity contribution is 8.14. The van der Waals surface area contributed by atoms with Gasteiger partial charge >= 0.3 is 0 Å². The minimum absolute atomic E-state index is 0.205. The molecule has 1 aliphatic rings. The van der Waals surface area contributed by atoms with Crippen molar-refractivity contribution in [3.8, 4) is 22.8 Å². The summed E-state index contributed by atoms with van der Waals surface area (Å²) in [6.07, 6.45) is 1.68. The average molecular weight is 349 g/mol. The van der Waals surface area contributed by atoms with Crippen molar-refractivity contribution >= 4 is 22.8 Å². The molecule has 1 aromatic heterocycles. The van der Waals surface area contributed by atoms with E-state index in [9.17, 15) is 4.79 Å². The third kappa shape index (κ3) is 3.34. The van der Waals surface area contributed by atoms with Crippen molar-refractivity contribution in [1.82, 2.24) is 10.3 Å². The molecule has 0 fully saturated rings. The van der Waals surface area contributed by atoms with E-state index in [1.807, 2.05) is 48.5 Å². The van der Waals surface area contributed by atoms with Gasteiger partial charge in [-0.05, 0) is 12.1 Å². The molecule has 2 aromatic carbocycles. The van der Waals surface area contributed by atoms with Gasteiger partial charge in [-0.25, -0.2) is 4.98 Å². The van der Waals surface area contributed by atoms with Gasteiger partial charge in [-0.15, -0.1) is 0 Å². The number of carbonyl (C=O) groups is 1. The number of thioether (sulfide) groups is 1. The van der Waals surface area contributed by atoms with Crippen LogP contribution in [-0.4, -0.2) is 28.4 Å². The van der Waals surface area contributed by atoms with E-state index in [2.05, 4.69) is 15.3 Å². The Morgan fingerprint density at radius 2 is 1.88 bits per heavy atom. The maximum absolute atomic E-state index is 12.6. The first-order valence-electron chi connectivity index (χ1n) is 7.90. The first kappa shape index (κ1) is 15.7. The molecular formula is C19H15N3O2S. The van der Waals surface area contributed by atoms with Crippen LogP contribution in [0.1, 0.15) is 10.4 Å². The van der Waals surface area contributed by atoms with Crippen molar-refractivity contribution in [2.24, 2.45) is 4.99 Å². The molecule has 0 aliphatic carbocycles. The summed E-state index contributed by atoms with van der Waals surface area (Å²) < 4.78 is 5.89. The Morgan fingerprint density at radius 1 is 1.08 bits per heavy atom. The second kappa shape index (κ2) is 6.94. The maximum Gasteiger partial charge on any atom is 0.258 e. The van der Waals surface area contributed by atoms with E-state index in [-0.39, 0.29) is 5.91 Å². The molecule has 4 rings (SSSR count). The second-order valence-electron chi connectivity index (χ2n) is 5.43. The molecule has 1 N–H and O–H groups in total. The number of aromatic nitrogens is 1. The normalized spacial score (nSPS) is 13.5. The predicted octanol–water partition coefficient (Wildman–Crippen LogP) is 3.84. The quantitative estimate of drug-likeness (QED) is 0.780. The van der Waals surface area contributed by atoms with Crippen LogP contribution in [-0.2, 0) is 0 Å². The summed E-state index contributed by atoms with van der Waals surface area (Å²) in [4.78, 5) is 21.2. The molecular weight excluding hydrogens is 334 g/mol. The predicted molar refractivity (Wildman–Crippen MR) is 99.6 cm³/mol. The Labute approximate surface area is 149 Å². The van der Waals surface area contributed by atoms with Crippen LogP contribution in [0.25, 0.3) is 22.8 Å². The van der Waals surface area contributed by atoms with Gasteiger partial charge in [0, 0.05) is 16.9 Å². The number of aliphatic imine (C=N–C) groups is 1. The molecule has 1 amide bonds. The van der Waals surface area contributed by atoms with Crippen molar-refractivity contribution in [3.05, 3.63) is 66.4 Å². The van der Waals surface area contributed by atoms with Gasteiger partial charge in [0.25, 0.3) is 5.91 Å². The fourth-order valence-electron chi connectivity index (χ4n) is 2.58. The first-order valence-corrected chi connectivity index (χ1v) is 8.89. The zero-order valence-electron chi connectivity index (χ0n) is 13.3. The van der Waals surface area contributed by atoms with Gasteiger partial charge in [-0.3, -0.25) is 9.79 Å². The number of amides is 1. The molecule has 5 nitrogen and oxygen atoms in total. The number of hydrogen-bond acceptors (Lipinski definition) is 5. The maximum atomic E-state index is 12.6. The van der Waals surface area contributed by atoms with Crippen molar-refractivity contribution in [1.29, 1.82) is 0 Å². The Morgan fingerprint density at radius 3 is 2.68 bits per heavy atom. The van der Waals surface area contributed by atoms with Gasteiger partial charge in [-0.2, -0.15) is 0 Å². The van der Waals surface area contributed by atoms with E-state index >= 15 is 0 Å². The number of rotatable bonds is 3. The van der Waals surface area contributed by atoms with E-state index in [1.54, 1.807) is 24.0 Å². The number of oxazole rings is 1. The first-order chi connectivity index (χ1) is 12.3. The molecule has 0 saturated carbocycles. The standard InChI is InChI=1S/C19H15N3O2S/c23-17(22-19-20-10-11-25-19)14-8-4-5-9-15(14)18-21-12-16(24-18)13-6-2-1-3-7-13/h1-9,12H,10-11H2,(H,20,22,23). The van der Waals surface area contributed by atoms with Crippen LogP contribution in [0.15, 0.2) is 70.2 Å². The lowest BCUT2D eigenvalue weighted by Gasteiger charge is -2.07. The lowest BCUT2D eigenvalue weighted by molar-refractivity contribution is 0.0978. The highest BCUT2D eigenvalue weighted by atomic mass is 32.2. The van der Waals surface area contributed by atoms with Crippen LogP contribution in [0, 0.1) is 0 Å². The van der Waals surface area contributed by atoms with Crippen LogP contribution in [0.2, 0.25) is 0 Å². The second-order valence-corrected chi connectivity index (χ2v) is 6.51. The molecule has 0 spiro atoms. The van der Waals surface area contributed by atoms with Gasteiger partial charge in [0.2, 0.25) is 5.89 Å². The number of nitrogens with one attached hydrogen (secondary N) is 1. The van der Waals surface area contributed by atoms with Gasteiger partial charge in [0.1, 0.15) is 0 Å². The highest BCUT2D eigenvalue weighted by Gasteiger charge is 2.19. The Hall–Kier alpha value is -2.86. The summed E-state index contributed by atoms with van der Waals surface area (Å²) in [5.74, 6) is 1.78. The summed E-state index contributed by atoms with van der Waals surface area (Å²) in [5.41, 5.74) is 2.12. The van der Waals surface area contributed by atoms with Crippen molar-refractivity contribution < 1.29 is 9.21 Å². The third-order valence-corrected chi connectivity index (χ3v) is 4.66. The lowest BCUT2D eigenvalue weighted by Crippen LogP contribution is -2.27. The third-order valence-electron chi connectivity index (χ3n) is 3.77. The topological polar surface area (TPSA) is 67.5 Å². The molecule has 0 atom stereocenters. The van der Waals surface area contributed by atoms with Crippen molar-refractivity contribution in [2.45, 2.75) is 0 Å². The summed E-state index contributed by atoms with van der Waals surface area (Å²) in [7, 11) is 0. The fraction of sp³-hybridized carbons (Fsp3) is 0.105. The number of amidine groups is 1. The van der Waals surface area contributed by atoms with Crippen molar-refractivity contribution in [3.63, 3.8) is 0 Å². The number of benzene rings is 2. The van der Waals surface area contributed by atoms with Crippen LogP contribution in [0.3, 0.4) is 0 Å². The largest absolute Gasteiger partial charge is 0.436 e. The van der Waals surface area contributed by atoms with E-state index < -0.39 is 0 Å². The molecule has 0 unspecified atom stereocenters. The molecule has 124 valence electrons. The van der Waals surface area contributed by atoms with Crippen LogP contribution >= 0.6 is 11.8 Å². The van der Waals surface area contributed by atoms with Gasteiger partial charge in [0.05, 0.1) is 18.3 Å². The molecule has 2 heterocycles. The number of carbonyl (C=O) groups excluding carboxylic acids is 1. The van der Waals surface area contributed by atoms with Crippen LogP contribution in [0.5, 0.6) is 0 Å². The van der Waals surface area contributed by atoms with Crippen LogP contribution < -0.4 is 5.32 Å². The Balaban J connectivity index is 1.65. The zero-order valence-corrected chi connectivity index (χ0v) is 14.1. The average Bonchev–Trinajstić information content (AvgIpc) is 3.34. The van der Waals surface area contributed by atoms with E-state index in [0.717, 1.165) is 17.9 Å². The summed E-state index contributed by atoms with van der Waals surface area (Å²) in [5, 5.41) is 3.51. The molecule has 6 heteroatoms. The molecule has 0 radical (unpaired) electrons. The Bertz CT molecular complexity index is 935. The minimum Gasteiger partial charge on any atom is -0.436 e. The monoisotopic (exact) mass is 349 g/mol. The van der Waals surface area contributed by atoms with Gasteiger partial charge in [0.15, 0.2) is 10.9 Å². The lowest BCUT2D eigenvalue weighted by atomic mass is 10.1. The van der Waals surface area contributed by atoms with E-state index in [0.29, 0.717) is 27.9 Å². The Kier molecular flexibility index (Phi) is 4.35. The molecule has 0 saturated heterocycles. The zero-order chi connectivity index (χ0) is 17.1. The summed E-state index contributed by atoms with van der Waals surface area (Å²) in [6, 6.07) is 17.0. The van der Waals surface area contributed by atoms with Crippen molar-refractivity contribution in [2.75, 3.05) is 12.3 Å².